The Bertz CT molecular complexity index is 628. The molecule has 1 nitrogen and oxygen atoms in total. The molecule has 4 heteroatoms. The van der Waals surface area contributed by atoms with Crippen molar-refractivity contribution < 1.29 is 4.39 Å². The number of hydrogen-bond acceptors (Lipinski definition) is 1. The molecule has 0 heterocycles. The number of aryl methyl sites for hydroxylation is 1. The Morgan fingerprint density at radius 1 is 1.10 bits per heavy atom. The Balaban J connectivity index is 2.30. The van der Waals surface area contributed by atoms with Gasteiger partial charge < -0.3 is 5.32 Å². The molecule has 0 radical (unpaired) electrons. The Morgan fingerprint density at radius 2 is 1.86 bits per heavy atom. The summed E-state index contributed by atoms with van der Waals surface area (Å²) in [5, 5.41) is 4.49. The van der Waals surface area contributed by atoms with Crippen molar-refractivity contribution in [3.05, 3.63) is 69.0 Å². The first kappa shape index (κ1) is 16.3. The quantitative estimate of drug-likeness (QED) is 0.782. The summed E-state index contributed by atoms with van der Waals surface area (Å²) in [5.41, 5.74) is 3.12. The monoisotopic (exact) mass is 325 g/mol. The maximum atomic E-state index is 13.5. The minimum Gasteiger partial charge on any atom is -0.310 e. The highest BCUT2D eigenvalue weighted by molar-refractivity contribution is 6.42. The second kappa shape index (κ2) is 7.26. The standard InChI is InChI=1S/C17H18Cl2FN/c1-3-21-17(14-10-13(20)6-4-11(14)2)9-12-5-7-15(18)16(19)8-12/h4-8,10,17,21H,3,9H2,1-2H3. The topological polar surface area (TPSA) is 12.0 Å². The maximum Gasteiger partial charge on any atom is 0.123 e. The zero-order valence-corrected chi connectivity index (χ0v) is 13.6. The summed E-state index contributed by atoms with van der Waals surface area (Å²) >= 11 is 12.0. The zero-order valence-electron chi connectivity index (χ0n) is 12.1. The smallest absolute Gasteiger partial charge is 0.123 e. The lowest BCUT2D eigenvalue weighted by atomic mass is 9.95. The molecular weight excluding hydrogens is 308 g/mol. The van der Waals surface area contributed by atoms with E-state index in [1.54, 1.807) is 12.1 Å². The van der Waals surface area contributed by atoms with Crippen molar-refractivity contribution in [3.8, 4) is 0 Å². The molecule has 21 heavy (non-hydrogen) atoms. The molecule has 0 spiro atoms. The molecule has 0 saturated heterocycles. The molecule has 0 aromatic heterocycles. The highest BCUT2D eigenvalue weighted by Gasteiger charge is 2.15. The van der Waals surface area contributed by atoms with Crippen LogP contribution in [0, 0.1) is 12.7 Å². The highest BCUT2D eigenvalue weighted by atomic mass is 35.5. The molecule has 0 fully saturated rings. The molecule has 0 bridgehead atoms. The third-order valence-electron chi connectivity index (χ3n) is 3.49. The maximum absolute atomic E-state index is 13.5. The number of benzene rings is 2. The van der Waals surface area contributed by atoms with Crippen molar-refractivity contribution in [2.24, 2.45) is 0 Å². The lowest BCUT2D eigenvalue weighted by Gasteiger charge is -2.21. The number of halogens is 3. The van der Waals surface area contributed by atoms with Gasteiger partial charge in [0.05, 0.1) is 10.0 Å². The third kappa shape index (κ3) is 4.19. The third-order valence-corrected chi connectivity index (χ3v) is 4.23. The largest absolute Gasteiger partial charge is 0.310 e. The number of rotatable bonds is 5. The highest BCUT2D eigenvalue weighted by Crippen LogP contribution is 2.27. The average Bonchev–Trinajstić information content (AvgIpc) is 2.45. The van der Waals surface area contributed by atoms with Gasteiger partial charge >= 0.3 is 0 Å². The predicted octanol–water partition coefficient (Wildman–Crippen LogP) is 5.33. The molecule has 1 N–H and O–H groups in total. The SMILES string of the molecule is CCNC(Cc1ccc(Cl)c(Cl)c1)c1cc(F)ccc1C. The van der Waals surface area contributed by atoms with E-state index in [4.69, 9.17) is 23.2 Å². The molecular formula is C17H18Cl2FN. The van der Waals surface area contributed by atoms with Gasteiger partial charge in [0.15, 0.2) is 0 Å². The molecule has 0 aliphatic rings. The van der Waals surface area contributed by atoms with Crippen LogP contribution in [0.2, 0.25) is 10.0 Å². The van der Waals surface area contributed by atoms with Crippen molar-refractivity contribution in [1.82, 2.24) is 5.32 Å². The Labute approximate surface area is 135 Å². The fourth-order valence-electron chi connectivity index (χ4n) is 2.43. The van der Waals surface area contributed by atoms with E-state index in [1.807, 2.05) is 32.0 Å². The summed E-state index contributed by atoms with van der Waals surface area (Å²) in [6.07, 6.45) is 0.731. The van der Waals surface area contributed by atoms with Crippen molar-refractivity contribution >= 4 is 23.2 Å². The van der Waals surface area contributed by atoms with E-state index in [1.165, 1.54) is 6.07 Å². The van der Waals surface area contributed by atoms with Gasteiger partial charge in [-0.2, -0.15) is 0 Å². The molecule has 2 aromatic carbocycles. The van der Waals surface area contributed by atoms with Gasteiger partial charge in [0.25, 0.3) is 0 Å². The Morgan fingerprint density at radius 3 is 2.52 bits per heavy atom. The van der Waals surface area contributed by atoms with E-state index in [2.05, 4.69) is 5.32 Å². The summed E-state index contributed by atoms with van der Waals surface area (Å²) in [4.78, 5) is 0. The molecule has 2 rings (SSSR count). The van der Waals surface area contributed by atoms with E-state index in [0.29, 0.717) is 10.0 Å². The van der Waals surface area contributed by atoms with Crippen LogP contribution in [0.25, 0.3) is 0 Å². The van der Waals surface area contributed by atoms with Gasteiger partial charge in [-0.1, -0.05) is 42.3 Å². The number of likely N-dealkylation sites (N-methyl/N-ethyl adjacent to an activating group) is 1. The normalized spacial score (nSPS) is 12.4. The summed E-state index contributed by atoms with van der Waals surface area (Å²) in [7, 11) is 0. The van der Waals surface area contributed by atoms with Gasteiger partial charge in [-0.25, -0.2) is 4.39 Å². The van der Waals surface area contributed by atoms with E-state index in [-0.39, 0.29) is 11.9 Å². The predicted molar refractivity (Wildman–Crippen MR) is 87.7 cm³/mol. The second-order valence-electron chi connectivity index (χ2n) is 5.06. The van der Waals surface area contributed by atoms with Crippen LogP contribution in [0.5, 0.6) is 0 Å². The van der Waals surface area contributed by atoms with Gasteiger partial charge in [0, 0.05) is 6.04 Å². The fraction of sp³-hybridized carbons (Fsp3) is 0.294. The first-order chi connectivity index (χ1) is 10.0. The number of hydrogen-bond donors (Lipinski definition) is 1. The van der Waals surface area contributed by atoms with Crippen LogP contribution in [-0.2, 0) is 6.42 Å². The van der Waals surface area contributed by atoms with Crippen LogP contribution in [0.15, 0.2) is 36.4 Å². The van der Waals surface area contributed by atoms with E-state index < -0.39 is 0 Å². The van der Waals surface area contributed by atoms with Gasteiger partial charge in [-0.15, -0.1) is 0 Å². The van der Waals surface area contributed by atoms with Crippen LogP contribution in [0.1, 0.15) is 29.7 Å². The van der Waals surface area contributed by atoms with Crippen molar-refractivity contribution in [2.45, 2.75) is 26.3 Å². The Kier molecular flexibility index (Phi) is 5.63. The molecule has 1 atom stereocenters. The van der Waals surface area contributed by atoms with Crippen LogP contribution < -0.4 is 5.32 Å². The number of nitrogens with one attached hydrogen (secondary N) is 1. The molecule has 2 aromatic rings. The van der Waals surface area contributed by atoms with Crippen LogP contribution >= 0.6 is 23.2 Å². The minimum absolute atomic E-state index is 0.0444. The van der Waals surface area contributed by atoms with E-state index in [0.717, 1.165) is 29.7 Å². The summed E-state index contributed by atoms with van der Waals surface area (Å²) in [6, 6.07) is 10.5. The van der Waals surface area contributed by atoms with Crippen molar-refractivity contribution in [2.75, 3.05) is 6.54 Å². The first-order valence-corrected chi connectivity index (χ1v) is 7.70. The molecule has 112 valence electrons. The molecule has 0 saturated carbocycles. The fourth-order valence-corrected chi connectivity index (χ4v) is 2.75. The summed E-state index contributed by atoms with van der Waals surface area (Å²) in [5.74, 6) is -0.215. The lowest BCUT2D eigenvalue weighted by Crippen LogP contribution is -2.24. The summed E-state index contributed by atoms with van der Waals surface area (Å²) in [6.45, 7) is 4.84. The molecule has 0 aliphatic heterocycles. The van der Waals surface area contributed by atoms with Crippen LogP contribution in [0.3, 0.4) is 0 Å². The van der Waals surface area contributed by atoms with Crippen LogP contribution in [0.4, 0.5) is 4.39 Å². The van der Waals surface area contributed by atoms with Gasteiger partial charge in [0.1, 0.15) is 5.82 Å². The van der Waals surface area contributed by atoms with Gasteiger partial charge in [-0.05, 0) is 60.8 Å². The summed E-state index contributed by atoms with van der Waals surface area (Å²) < 4.78 is 13.5. The minimum atomic E-state index is -0.215. The molecule has 1 unspecified atom stereocenters. The molecule has 0 amide bonds. The van der Waals surface area contributed by atoms with E-state index >= 15 is 0 Å². The van der Waals surface area contributed by atoms with Crippen molar-refractivity contribution in [3.63, 3.8) is 0 Å². The Hall–Kier alpha value is -1.09. The average molecular weight is 326 g/mol. The van der Waals surface area contributed by atoms with Crippen molar-refractivity contribution in [1.29, 1.82) is 0 Å². The van der Waals surface area contributed by atoms with E-state index in [9.17, 15) is 4.39 Å². The zero-order chi connectivity index (χ0) is 15.4. The van der Waals surface area contributed by atoms with Gasteiger partial charge in [-0.3, -0.25) is 0 Å². The second-order valence-corrected chi connectivity index (χ2v) is 5.88. The van der Waals surface area contributed by atoms with Crippen LogP contribution in [-0.4, -0.2) is 6.54 Å². The first-order valence-electron chi connectivity index (χ1n) is 6.94. The lowest BCUT2D eigenvalue weighted by molar-refractivity contribution is 0.540. The van der Waals surface area contributed by atoms with Gasteiger partial charge in [0.2, 0.25) is 0 Å². The molecule has 0 aliphatic carbocycles.